The quantitative estimate of drug-likeness (QED) is 0.854. The maximum atomic E-state index is 6.02. The van der Waals surface area contributed by atoms with E-state index >= 15 is 0 Å². The van der Waals surface area contributed by atoms with Gasteiger partial charge in [-0.05, 0) is 69.6 Å². The van der Waals surface area contributed by atoms with Gasteiger partial charge in [0.25, 0.3) is 0 Å². The smallest absolute Gasteiger partial charge is 0.0391 e. The van der Waals surface area contributed by atoms with Crippen molar-refractivity contribution in [3.63, 3.8) is 0 Å². The minimum atomic E-state index is 0.495. The highest BCUT2D eigenvalue weighted by atomic mass is 32.2. The van der Waals surface area contributed by atoms with Gasteiger partial charge in [0.2, 0.25) is 0 Å². The molecule has 2 atom stereocenters. The van der Waals surface area contributed by atoms with Crippen LogP contribution in [0.25, 0.3) is 0 Å². The lowest BCUT2D eigenvalue weighted by Crippen LogP contribution is -2.44. The van der Waals surface area contributed by atoms with E-state index in [1.54, 1.807) is 11.8 Å². The number of thioether (sulfide) groups is 1. The molecule has 2 unspecified atom stereocenters. The molecule has 19 heavy (non-hydrogen) atoms. The summed E-state index contributed by atoms with van der Waals surface area (Å²) in [6, 6.07) is 10.1. The Bertz CT molecular complexity index is 388. The largest absolute Gasteiger partial charge is 0.330 e. The molecule has 1 aliphatic heterocycles. The topological polar surface area (TPSA) is 29.3 Å². The lowest BCUT2D eigenvalue weighted by atomic mass is 9.84. The van der Waals surface area contributed by atoms with Gasteiger partial charge in [0.1, 0.15) is 0 Å². The Morgan fingerprint density at radius 1 is 1.32 bits per heavy atom. The van der Waals surface area contributed by atoms with E-state index in [4.69, 9.17) is 5.73 Å². The van der Waals surface area contributed by atoms with Gasteiger partial charge in [0.05, 0.1) is 0 Å². The first kappa shape index (κ1) is 14.9. The second-order valence-electron chi connectivity index (χ2n) is 5.69. The molecule has 1 aromatic carbocycles. The monoisotopic (exact) mass is 278 g/mol. The van der Waals surface area contributed by atoms with Crippen LogP contribution in [0.3, 0.4) is 0 Å². The van der Waals surface area contributed by atoms with Crippen LogP contribution >= 0.6 is 11.8 Å². The summed E-state index contributed by atoms with van der Waals surface area (Å²) >= 11 is 1.80. The van der Waals surface area contributed by atoms with Crippen molar-refractivity contribution in [3.05, 3.63) is 29.8 Å². The van der Waals surface area contributed by atoms with Crippen molar-refractivity contribution in [1.82, 2.24) is 4.90 Å². The van der Waals surface area contributed by atoms with E-state index in [-0.39, 0.29) is 0 Å². The summed E-state index contributed by atoms with van der Waals surface area (Å²) in [4.78, 5) is 3.95. The third-order valence-corrected chi connectivity index (χ3v) is 4.96. The number of nitrogens with zero attached hydrogens (tertiary/aromatic N) is 1. The average Bonchev–Trinajstić information content (AvgIpc) is 2.46. The lowest BCUT2D eigenvalue weighted by Gasteiger charge is -2.43. The SMILES string of the molecule is CSc1ccc(C2C(CN)CCCN2C(C)C)cc1. The fourth-order valence-corrected chi connectivity index (χ4v) is 3.60. The number of piperidine rings is 1. The van der Waals surface area contributed by atoms with Crippen molar-refractivity contribution in [1.29, 1.82) is 0 Å². The van der Waals surface area contributed by atoms with Gasteiger partial charge in [0.15, 0.2) is 0 Å². The number of hydrogen-bond donors (Lipinski definition) is 1. The Kier molecular flexibility index (Phi) is 5.31. The first-order valence-corrected chi connectivity index (χ1v) is 8.49. The van der Waals surface area contributed by atoms with Crippen molar-refractivity contribution in [2.45, 2.75) is 43.7 Å². The molecule has 2 N–H and O–H groups in total. The molecule has 2 rings (SSSR count). The molecule has 1 saturated heterocycles. The van der Waals surface area contributed by atoms with E-state index in [0.29, 0.717) is 18.0 Å². The first-order valence-electron chi connectivity index (χ1n) is 7.27. The van der Waals surface area contributed by atoms with E-state index < -0.39 is 0 Å². The Balaban J connectivity index is 2.28. The molecule has 0 saturated carbocycles. The maximum Gasteiger partial charge on any atom is 0.0391 e. The zero-order valence-electron chi connectivity index (χ0n) is 12.3. The average molecular weight is 278 g/mol. The molecule has 1 aliphatic rings. The van der Waals surface area contributed by atoms with Gasteiger partial charge in [-0.15, -0.1) is 11.8 Å². The Hall–Kier alpha value is -0.510. The van der Waals surface area contributed by atoms with Gasteiger partial charge in [-0.2, -0.15) is 0 Å². The number of nitrogens with two attached hydrogens (primary N) is 1. The Morgan fingerprint density at radius 3 is 2.53 bits per heavy atom. The molecule has 0 spiro atoms. The van der Waals surface area contributed by atoms with E-state index in [9.17, 15) is 0 Å². The summed E-state index contributed by atoms with van der Waals surface area (Å²) in [5.41, 5.74) is 7.45. The van der Waals surface area contributed by atoms with Gasteiger partial charge >= 0.3 is 0 Å². The van der Waals surface area contributed by atoms with Gasteiger partial charge < -0.3 is 5.73 Å². The second-order valence-corrected chi connectivity index (χ2v) is 6.57. The molecule has 0 aromatic heterocycles. The zero-order chi connectivity index (χ0) is 13.8. The summed E-state index contributed by atoms with van der Waals surface area (Å²) in [5, 5.41) is 0. The first-order chi connectivity index (χ1) is 9.17. The third-order valence-electron chi connectivity index (χ3n) is 4.22. The number of benzene rings is 1. The van der Waals surface area contributed by atoms with E-state index in [0.717, 1.165) is 6.54 Å². The van der Waals surface area contributed by atoms with E-state index in [1.807, 2.05) is 0 Å². The number of hydrogen-bond acceptors (Lipinski definition) is 3. The van der Waals surface area contributed by atoms with Gasteiger partial charge in [-0.25, -0.2) is 0 Å². The molecule has 1 heterocycles. The normalized spacial score (nSPS) is 24.9. The van der Waals surface area contributed by atoms with Crippen LogP contribution < -0.4 is 5.73 Å². The highest BCUT2D eigenvalue weighted by Crippen LogP contribution is 2.37. The highest BCUT2D eigenvalue weighted by molar-refractivity contribution is 7.98. The molecule has 2 nitrogen and oxygen atoms in total. The summed E-state index contributed by atoms with van der Waals surface area (Å²) < 4.78 is 0. The van der Waals surface area contributed by atoms with Crippen molar-refractivity contribution in [3.8, 4) is 0 Å². The molecule has 106 valence electrons. The van der Waals surface area contributed by atoms with Crippen LogP contribution in [0.1, 0.15) is 38.3 Å². The zero-order valence-corrected chi connectivity index (χ0v) is 13.1. The summed E-state index contributed by atoms with van der Waals surface area (Å²) in [5.74, 6) is 0.594. The molecule has 1 fully saturated rings. The standard InChI is InChI=1S/C16H26N2S/c1-12(2)18-10-4-5-14(11-17)16(18)13-6-8-15(19-3)9-7-13/h6-9,12,14,16H,4-5,10-11,17H2,1-3H3. The van der Waals surface area contributed by atoms with Crippen LogP contribution in [0, 0.1) is 5.92 Å². The molecule has 0 radical (unpaired) electrons. The van der Waals surface area contributed by atoms with Gasteiger partial charge in [0, 0.05) is 17.0 Å². The molecule has 0 bridgehead atoms. The second kappa shape index (κ2) is 6.78. The minimum absolute atomic E-state index is 0.495. The van der Waals surface area contributed by atoms with Gasteiger partial charge in [-0.1, -0.05) is 12.1 Å². The van der Waals surface area contributed by atoms with Crippen LogP contribution in [0.4, 0.5) is 0 Å². The minimum Gasteiger partial charge on any atom is -0.330 e. The summed E-state index contributed by atoms with van der Waals surface area (Å²) in [6.07, 6.45) is 4.66. The maximum absolute atomic E-state index is 6.02. The van der Waals surface area contributed by atoms with Crippen LogP contribution in [0.15, 0.2) is 29.2 Å². The predicted molar refractivity (Wildman–Crippen MR) is 84.6 cm³/mol. The number of likely N-dealkylation sites (tertiary alicyclic amines) is 1. The molecule has 0 amide bonds. The van der Waals surface area contributed by atoms with Crippen LogP contribution in [0.5, 0.6) is 0 Å². The van der Waals surface area contributed by atoms with Crippen molar-refractivity contribution < 1.29 is 0 Å². The summed E-state index contributed by atoms with van der Waals surface area (Å²) in [6.45, 7) is 6.58. The van der Waals surface area contributed by atoms with E-state index in [1.165, 1.54) is 29.8 Å². The van der Waals surface area contributed by atoms with Crippen molar-refractivity contribution in [2.75, 3.05) is 19.3 Å². The number of rotatable bonds is 4. The molecule has 1 aromatic rings. The molecule has 0 aliphatic carbocycles. The fraction of sp³-hybridized carbons (Fsp3) is 0.625. The van der Waals surface area contributed by atoms with Crippen molar-refractivity contribution >= 4 is 11.8 Å². The fourth-order valence-electron chi connectivity index (χ4n) is 3.19. The lowest BCUT2D eigenvalue weighted by molar-refractivity contribution is 0.0665. The Morgan fingerprint density at radius 2 is 2.00 bits per heavy atom. The summed E-state index contributed by atoms with van der Waals surface area (Å²) in [7, 11) is 0. The van der Waals surface area contributed by atoms with Crippen LogP contribution in [-0.4, -0.2) is 30.3 Å². The van der Waals surface area contributed by atoms with Crippen molar-refractivity contribution in [2.24, 2.45) is 11.7 Å². The highest BCUT2D eigenvalue weighted by Gasteiger charge is 2.32. The molecular weight excluding hydrogens is 252 g/mol. The molecule has 3 heteroatoms. The van der Waals surface area contributed by atoms with Crippen LogP contribution in [0.2, 0.25) is 0 Å². The van der Waals surface area contributed by atoms with Gasteiger partial charge in [-0.3, -0.25) is 4.90 Å². The third kappa shape index (κ3) is 3.33. The van der Waals surface area contributed by atoms with E-state index in [2.05, 4.69) is 49.3 Å². The van der Waals surface area contributed by atoms with Crippen LogP contribution in [-0.2, 0) is 0 Å². The predicted octanol–water partition coefficient (Wildman–Crippen LogP) is 3.53. The molecular formula is C16H26N2S. The Labute approximate surface area is 121 Å².